The van der Waals surface area contributed by atoms with Gasteiger partial charge in [-0.1, -0.05) is 6.92 Å². The zero-order valence-electron chi connectivity index (χ0n) is 12.6. The van der Waals surface area contributed by atoms with E-state index in [1.54, 1.807) is 0 Å². The van der Waals surface area contributed by atoms with E-state index in [-0.39, 0.29) is 18.0 Å². The lowest BCUT2D eigenvalue weighted by atomic mass is 10.0. The first-order valence-corrected chi connectivity index (χ1v) is 13.2. The lowest BCUT2D eigenvalue weighted by molar-refractivity contribution is -0.142. The number of carbonyl (C=O) groups is 1. The fourth-order valence-corrected chi connectivity index (χ4v) is 3.74. The van der Waals surface area contributed by atoms with Gasteiger partial charge < -0.3 is 8.85 Å². The Morgan fingerprint density at radius 2 is 1.53 bits per heavy atom. The second-order valence-electron chi connectivity index (χ2n) is 6.48. The van der Waals surface area contributed by atoms with Crippen molar-refractivity contribution in [3.63, 3.8) is 0 Å². The highest BCUT2D eigenvalue weighted by Gasteiger charge is 2.32. The largest absolute Gasteiger partial charge is 0.520 e. The summed E-state index contributed by atoms with van der Waals surface area (Å²) in [6.45, 7) is 16.5. The molecule has 102 valence electrons. The first-order chi connectivity index (χ1) is 7.46. The van der Waals surface area contributed by atoms with Gasteiger partial charge in [0.2, 0.25) is 8.32 Å². The molecule has 2 unspecified atom stereocenters. The maximum absolute atomic E-state index is 12.1. The predicted molar refractivity (Wildman–Crippen MR) is 77.1 cm³/mol. The molecule has 17 heavy (non-hydrogen) atoms. The molecular weight excluding hydrogens is 248 g/mol. The summed E-state index contributed by atoms with van der Waals surface area (Å²) in [6.07, 6.45) is 0.727. The minimum atomic E-state index is -1.80. The molecule has 0 aromatic carbocycles. The van der Waals surface area contributed by atoms with Gasteiger partial charge in [-0.25, -0.2) is 0 Å². The third-order valence-corrected chi connectivity index (χ3v) is 4.15. The molecular formula is C12H28O3Si2. The second-order valence-corrected chi connectivity index (χ2v) is 15.4. The van der Waals surface area contributed by atoms with Crippen molar-refractivity contribution in [3.05, 3.63) is 0 Å². The van der Waals surface area contributed by atoms with Crippen LogP contribution >= 0.6 is 0 Å². The predicted octanol–water partition coefficient (Wildman–Crippen LogP) is 3.63. The van der Waals surface area contributed by atoms with Crippen LogP contribution in [0.15, 0.2) is 0 Å². The summed E-state index contributed by atoms with van der Waals surface area (Å²) in [7, 11) is -3.40. The Labute approximate surface area is 108 Å². The zero-order valence-corrected chi connectivity index (χ0v) is 14.6. The third kappa shape index (κ3) is 7.73. The molecule has 0 rings (SSSR count). The molecule has 0 bridgehead atoms. The van der Waals surface area contributed by atoms with Gasteiger partial charge in [-0.05, 0) is 52.6 Å². The maximum Gasteiger partial charge on any atom is 0.298 e. The summed E-state index contributed by atoms with van der Waals surface area (Å²) in [5.41, 5.74) is 0. The molecule has 0 fully saturated rings. The van der Waals surface area contributed by atoms with E-state index in [1.807, 2.05) is 33.5 Å². The molecule has 5 heteroatoms. The molecule has 0 heterocycles. The fraction of sp³-hybridized carbons (Fsp3) is 0.917. The van der Waals surface area contributed by atoms with Gasteiger partial charge in [0, 0.05) is 0 Å². The van der Waals surface area contributed by atoms with Crippen molar-refractivity contribution < 1.29 is 13.6 Å². The Balaban J connectivity index is 4.56. The highest BCUT2D eigenvalue weighted by molar-refractivity contribution is 6.71. The Kier molecular flexibility index (Phi) is 6.11. The van der Waals surface area contributed by atoms with Gasteiger partial charge in [-0.2, -0.15) is 0 Å². The molecule has 0 aliphatic carbocycles. The monoisotopic (exact) mass is 276 g/mol. The van der Waals surface area contributed by atoms with Crippen molar-refractivity contribution in [3.8, 4) is 0 Å². The van der Waals surface area contributed by atoms with Crippen LogP contribution in [0.25, 0.3) is 0 Å². The van der Waals surface area contributed by atoms with Gasteiger partial charge in [0.15, 0.2) is 8.32 Å². The van der Waals surface area contributed by atoms with Gasteiger partial charge in [-0.15, -0.1) is 0 Å². The number of rotatable bonds is 6. The Morgan fingerprint density at radius 3 is 1.82 bits per heavy atom. The molecule has 0 aromatic heterocycles. The second kappa shape index (κ2) is 6.15. The molecule has 0 radical (unpaired) electrons. The highest BCUT2D eigenvalue weighted by Crippen LogP contribution is 2.20. The van der Waals surface area contributed by atoms with Crippen molar-refractivity contribution in [2.75, 3.05) is 0 Å². The number of carbonyl (C=O) groups excluding carboxylic acids is 1. The SMILES string of the molecule is CCC(C(=O)O[Si](C)(C)C)C(C)O[Si](C)(C)C. The van der Waals surface area contributed by atoms with E-state index >= 15 is 0 Å². The van der Waals surface area contributed by atoms with E-state index in [4.69, 9.17) is 8.85 Å². The van der Waals surface area contributed by atoms with Crippen LogP contribution in [-0.4, -0.2) is 28.7 Å². The van der Waals surface area contributed by atoms with Crippen molar-refractivity contribution in [1.82, 2.24) is 0 Å². The lowest BCUT2D eigenvalue weighted by Gasteiger charge is -2.30. The number of hydrogen-bond acceptors (Lipinski definition) is 3. The van der Waals surface area contributed by atoms with Crippen LogP contribution in [0.5, 0.6) is 0 Å². The minimum absolute atomic E-state index is 0.0458. The van der Waals surface area contributed by atoms with E-state index < -0.39 is 16.6 Å². The summed E-state index contributed by atoms with van der Waals surface area (Å²) in [5.74, 6) is -0.217. The third-order valence-electron chi connectivity index (χ3n) is 2.26. The molecule has 3 nitrogen and oxygen atoms in total. The molecule has 0 N–H and O–H groups in total. The lowest BCUT2D eigenvalue weighted by Crippen LogP contribution is -2.41. The molecule has 0 saturated carbocycles. The molecule has 0 spiro atoms. The van der Waals surface area contributed by atoms with E-state index in [2.05, 4.69) is 19.6 Å². The number of hydrogen-bond donors (Lipinski definition) is 0. The van der Waals surface area contributed by atoms with Crippen LogP contribution in [-0.2, 0) is 13.6 Å². The van der Waals surface area contributed by atoms with E-state index in [0.717, 1.165) is 6.42 Å². The van der Waals surface area contributed by atoms with Gasteiger partial charge in [-0.3, -0.25) is 4.79 Å². The first-order valence-electron chi connectivity index (χ1n) is 6.37. The first kappa shape index (κ1) is 16.9. The Hall–Kier alpha value is -0.136. The molecule has 0 aliphatic heterocycles. The van der Waals surface area contributed by atoms with Gasteiger partial charge >= 0.3 is 0 Å². The zero-order chi connectivity index (χ0) is 13.9. The Morgan fingerprint density at radius 1 is 1.06 bits per heavy atom. The van der Waals surface area contributed by atoms with Gasteiger partial charge in [0.25, 0.3) is 5.97 Å². The average Bonchev–Trinajstić information content (AvgIpc) is 1.96. The van der Waals surface area contributed by atoms with Crippen LogP contribution in [0, 0.1) is 5.92 Å². The fourth-order valence-electron chi connectivity index (χ4n) is 1.71. The van der Waals surface area contributed by atoms with Crippen LogP contribution in [0.1, 0.15) is 20.3 Å². The standard InChI is InChI=1S/C12H28O3Si2/c1-9-11(10(2)14-16(3,4)5)12(13)15-17(6,7)8/h10-11H,9H2,1-8H3. The quantitative estimate of drug-likeness (QED) is 0.695. The van der Waals surface area contributed by atoms with Crippen molar-refractivity contribution in [2.45, 2.75) is 65.7 Å². The summed E-state index contributed by atoms with van der Waals surface area (Å²) in [6, 6.07) is 0. The van der Waals surface area contributed by atoms with Crippen LogP contribution in [0.3, 0.4) is 0 Å². The summed E-state index contributed by atoms with van der Waals surface area (Å²) in [4.78, 5) is 12.1. The van der Waals surface area contributed by atoms with E-state index in [1.165, 1.54) is 0 Å². The van der Waals surface area contributed by atoms with Gasteiger partial charge in [0.1, 0.15) is 0 Å². The topological polar surface area (TPSA) is 35.5 Å². The molecule has 0 aromatic rings. The van der Waals surface area contributed by atoms with E-state index in [0.29, 0.717) is 0 Å². The maximum atomic E-state index is 12.1. The Bertz CT molecular complexity index is 253. The van der Waals surface area contributed by atoms with Crippen molar-refractivity contribution in [1.29, 1.82) is 0 Å². The summed E-state index contributed by atoms with van der Waals surface area (Å²) in [5, 5.41) is 0. The minimum Gasteiger partial charge on any atom is -0.520 e. The average molecular weight is 277 g/mol. The summed E-state index contributed by atoms with van der Waals surface area (Å²) >= 11 is 0. The molecule has 0 amide bonds. The smallest absolute Gasteiger partial charge is 0.298 e. The highest BCUT2D eigenvalue weighted by atomic mass is 28.4. The van der Waals surface area contributed by atoms with Crippen molar-refractivity contribution >= 4 is 22.6 Å². The molecule has 0 saturated heterocycles. The van der Waals surface area contributed by atoms with Crippen molar-refractivity contribution in [2.24, 2.45) is 5.92 Å². The van der Waals surface area contributed by atoms with Crippen LogP contribution in [0.2, 0.25) is 39.3 Å². The molecule has 0 aliphatic rings. The normalized spacial score (nSPS) is 16.5. The summed E-state index contributed by atoms with van der Waals surface area (Å²) < 4.78 is 11.5. The van der Waals surface area contributed by atoms with Gasteiger partial charge in [0.05, 0.1) is 12.0 Å². The van der Waals surface area contributed by atoms with E-state index in [9.17, 15) is 4.79 Å². The molecule has 2 atom stereocenters. The van der Waals surface area contributed by atoms with Crippen LogP contribution in [0.4, 0.5) is 0 Å². The van der Waals surface area contributed by atoms with Crippen LogP contribution < -0.4 is 0 Å².